The minimum absolute atomic E-state index is 0.00521. The summed E-state index contributed by atoms with van der Waals surface area (Å²) >= 11 is 6.12. The topological polar surface area (TPSA) is 49.4 Å². The Kier molecular flexibility index (Phi) is 6.73. The van der Waals surface area contributed by atoms with E-state index < -0.39 is 0 Å². The number of allylic oxidation sites excluding steroid dienone is 1. The van der Waals surface area contributed by atoms with Crippen LogP contribution in [-0.4, -0.2) is 36.3 Å². The lowest BCUT2D eigenvalue weighted by Gasteiger charge is -2.31. The van der Waals surface area contributed by atoms with Crippen molar-refractivity contribution in [2.45, 2.75) is 44.9 Å². The second kappa shape index (κ2) is 9.22. The van der Waals surface area contributed by atoms with Gasteiger partial charge in [0.25, 0.3) is 5.91 Å². The van der Waals surface area contributed by atoms with E-state index in [0.717, 1.165) is 13.0 Å². The van der Waals surface area contributed by atoms with Crippen LogP contribution in [0.3, 0.4) is 0 Å². The van der Waals surface area contributed by atoms with E-state index >= 15 is 0 Å². The zero-order chi connectivity index (χ0) is 18.4. The van der Waals surface area contributed by atoms with Crippen LogP contribution in [0.1, 0.15) is 55.3 Å². The Balaban J connectivity index is 1.43. The number of piperidine rings is 1. The normalized spacial score (nSPS) is 18.3. The molecule has 3 rings (SSSR count). The molecule has 1 aliphatic carbocycles. The maximum absolute atomic E-state index is 12.6. The first-order chi connectivity index (χ1) is 12.6. The van der Waals surface area contributed by atoms with E-state index in [1.807, 2.05) is 12.1 Å². The molecular formula is C21H27ClN2O2. The summed E-state index contributed by atoms with van der Waals surface area (Å²) in [6.07, 6.45) is 9.65. The first-order valence-electron chi connectivity index (χ1n) is 9.64. The van der Waals surface area contributed by atoms with Crippen LogP contribution >= 0.6 is 11.6 Å². The number of carbonyl (C=O) groups excluding carboxylic acids is 2. The highest BCUT2D eigenvalue weighted by Crippen LogP contribution is 2.23. The summed E-state index contributed by atoms with van der Waals surface area (Å²) in [6.45, 7) is 1.93. The van der Waals surface area contributed by atoms with E-state index in [4.69, 9.17) is 11.6 Å². The number of carbonyl (C=O) groups is 2. The smallest absolute Gasteiger partial charge is 0.255 e. The van der Waals surface area contributed by atoms with Crippen molar-refractivity contribution in [2.24, 2.45) is 5.92 Å². The molecule has 1 heterocycles. The summed E-state index contributed by atoms with van der Waals surface area (Å²) in [6, 6.07) is 7.13. The molecule has 1 aliphatic heterocycles. The van der Waals surface area contributed by atoms with Crippen molar-refractivity contribution in [1.29, 1.82) is 0 Å². The number of hydrogen-bond donors (Lipinski definition) is 1. The molecule has 1 N–H and O–H groups in total. The van der Waals surface area contributed by atoms with Gasteiger partial charge >= 0.3 is 0 Å². The van der Waals surface area contributed by atoms with Gasteiger partial charge in [-0.15, -0.1) is 0 Å². The number of rotatable bonds is 5. The third-order valence-corrected chi connectivity index (χ3v) is 5.72. The van der Waals surface area contributed by atoms with E-state index in [9.17, 15) is 9.59 Å². The summed E-state index contributed by atoms with van der Waals surface area (Å²) in [5.74, 6) is 0.0931. The number of likely N-dealkylation sites (tertiary alicyclic amines) is 1. The van der Waals surface area contributed by atoms with Crippen LogP contribution in [0.5, 0.6) is 0 Å². The summed E-state index contributed by atoms with van der Waals surface area (Å²) in [5.41, 5.74) is 2.02. The molecule has 1 aromatic carbocycles. The Bertz CT molecular complexity index is 678. The van der Waals surface area contributed by atoms with Gasteiger partial charge in [-0.1, -0.05) is 35.4 Å². The molecule has 1 aromatic rings. The SMILES string of the molecule is O=C(NCCC1=CCCCC1)C1CCN(C(=O)c2ccccc2Cl)CC1. The van der Waals surface area contributed by atoms with Gasteiger partial charge in [0.2, 0.25) is 5.91 Å². The third-order valence-electron chi connectivity index (χ3n) is 5.39. The van der Waals surface area contributed by atoms with Crippen LogP contribution in [-0.2, 0) is 4.79 Å². The number of benzene rings is 1. The minimum atomic E-state index is -0.0429. The van der Waals surface area contributed by atoms with Crippen molar-refractivity contribution in [3.8, 4) is 0 Å². The van der Waals surface area contributed by atoms with Gasteiger partial charge in [-0.25, -0.2) is 0 Å². The fourth-order valence-electron chi connectivity index (χ4n) is 3.77. The summed E-state index contributed by atoms with van der Waals surface area (Å²) in [7, 11) is 0. The molecule has 0 saturated carbocycles. The predicted molar refractivity (Wildman–Crippen MR) is 104 cm³/mol. The van der Waals surface area contributed by atoms with Gasteiger partial charge in [-0.05, 0) is 57.1 Å². The number of halogens is 1. The molecule has 4 nitrogen and oxygen atoms in total. The highest BCUT2D eigenvalue weighted by Gasteiger charge is 2.28. The van der Waals surface area contributed by atoms with E-state index in [0.29, 0.717) is 36.5 Å². The maximum atomic E-state index is 12.6. The standard InChI is InChI=1S/C21H27ClN2O2/c22-19-9-5-4-8-18(19)21(26)24-14-11-17(12-15-24)20(25)23-13-10-16-6-2-1-3-7-16/h4-6,8-9,17H,1-3,7,10-15H2,(H,23,25). The van der Waals surface area contributed by atoms with Crippen LogP contribution in [0.15, 0.2) is 35.9 Å². The average Bonchev–Trinajstić information content (AvgIpc) is 2.69. The highest BCUT2D eigenvalue weighted by atomic mass is 35.5. The molecule has 0 aromatic heterocycles. The van der Waals surface area contributed by atoms with Gasteiger partial charge in [0.05, 0.1) is 10.6 Å². The van der Waals surface area contributed by atoms with Gasteiger partial charge < -0.3 is 10.2 Å². The molecule has 0 radical (unpaired) electrons. The summed E-state index contributed by atoms with van der Waals surface area (Å²) < 4.78 is 0. The second-order valence-corrected chi connectivity index (χ2v) is 7.60. The van der Waals surface area contributed by atoms with Crippen LogP contribution in [0, 0.1) is 5.92 Å². The lowest BCUT2D eigenvalue weighted by Crippen LogP contribution is -2.43. The Hall–Kier alpha value is -1.81. The van der Waals surface area contributed by atoms with Crippen molar-refractivity contribution < 1.29 is 9.59 Å². The van der Waals surface area contributed by atoms with E-state index in [1.165, 1.54) is 31.3 Å². The fraction of sp³-hybridized carbons (Fsp3) is 0.524. The van der Waals surface area contributed by atoms with Crippen LogP contribution in [0.25, 0.3) is 0 Å². The Morgan fingerprint density at radius 3 is 2.62 bits per heavy atom. The molecular weight excluding hydrogens is 348 g/mol. The number of nitrogens with zero attached hydrogens (tertiary/aromatic N) is 1. The molecule has 1 saturated heterocycles. The molecule has 2 amide bonds. The second-order valence-electron chi connectivity index (χ2n) is 7.20. The molecule has 0 bridgehead atoms. The number of nitrogens with one attached hydrogen (secondary N) is 1. The van der Waals surface area contributed by atoms with Crippen molar-refractivity contribution in [3.05, 3.63) is 46.5 Å². The minimum Gasteiger partial charge on any atom is -0.356 e. The van der Waals surface area contributed by atoms with E-state index in [2.05, 4.69) is 11.4 Å². The predicted octanol–water partition coefficient (Wildman–Crippen LogP) is 4.20. The first-order valence-corrected chi connectivity index (χ1v) is 10.0. The number of amides is 2. The summed E-state index contributed by atoms with van der Waals surface area (Å²) in [4.78, 5) is 26.8. The quantitative estimate of drug-likeness (QED) is 0.785. The molecule has 1 fully saturated rings. The van der Waals surface area contributed by atoms with Crippen molar-refractivity contribution in [2.75, 3.05) is 19.6 Å². The monoisotopic (exact) mass is 374 g/mol. The lowest BCUT2D eigenvalue weighted by atomic mass is 9.94. The zero-order valence-corrected chi connectivity index (χ0v) is 15.9. The van der Waals surface area contributed by atoms with Crippen LogP contribution < -0.4 is 5.32 Å². The molecule has 5 heteroatoms. The first kappa shape index (κ1) is 19.0. The van der Waals surface area contributed by atoms with Crippen molar-refractivity contribution in [3.63, 3.8) is 0 Å². The molecule has 2 aliphatic rings. The fourth-order valence-corrected chi connectivity index (χ4v) is 3.99. The van der Waals surface area contributed by atoms with Gasteiger partial charge in [0.15, 0.2) is 0 Å². The van der Waals surface area contributed by atoms with Gasteiger partial charge in [-0.2, -0.15) is 0 Å². The lowest BCUT2D eigenvalue weighted by molar-refractivity contribution is -0.126. The van der Waals surface area contributed by atoms with Gasteiger partial charge in [-0.3, -0.25) is 9.59 Å². The van der Waals surface area contributed by atoms with Crippen molar-refractivity contribution >= 4 is 23.4 Å². The number of hydrogen-bond acceptors (Lipinski definition) is 2. The highest BCUT2D eigenvalue weighted by molar-refractivity contribution is 6.33. The molecule has 0 unspecified atom stereocenters. The molecule has 140 valence electrons. The molecule has 0 spiro atoms. The largest absolute Gasteiger partial charge is 0.356 e. The van der Waals surface area contributed by atoms with Gasteiger partial charge in [0.1, 0.15) is 0 Å². The maximum Gasteiger partial charge on any atom is 0.255 e. The average molecular weight is 375 g/mol. The van der Waals surface area contributed by atoms with Crippen LogP contribution in [0.4, 0.5) is 0 Å². The van der Waals surface area contributed by atoms with E-state index in [1.54, 1.807) is 17.0 Å². The molecule has 26 heavy (non-hydrogen) atoms. The summed E-state index contributed by atoms with van der Waals surface area (Å²) in [5, 5.41) is 3.56. The van der Waals surface area contributed by atoms with Crippen molar-refractivity contribution in [1.82, 2.24) is 10.2 Å². The Morgan fingerprint density at radius 1 is 1.15 bits per heavy atom. The Labute approximate surface area is 160 Å². The molecule has 0 atom stereocenters. The Morgan fingerprint density at radius 2 is 1.92 bits per heavy atom. The zero-order valence-electron chi connectivity index (χ0n) is 15.2. The van der Waals surface area contributed by atoms with E-state index in [-0.39, 0.29) is 17.7 Å². The van der Waals surface area contributed by atoms with Crippen LogP contribution in [0.2, 0.25) is 5.02 Å². The van der Waals surface area contributed by atoms with Gasteiger partial charge in [0, 0.05) is 25.6 Å². The third kappa shape index (κ3) is 4.88.